The lowest BCUT2D eigenvalue weighted by Crippen LogP contribution is -2.15. The summed E-state index contributed by atoms with van der Waals surface area (Å²) in [4.78, 5) is 12.5. The van der Waals surface area contributed by atoms with Crippen molar-refractivity contribution in [3.8, 4) is 0 Å². The van der Waals surface area contributed by atoms with Gasteiger partial charge in [-0.2, -0.15) is 0 Å². The molecule has 5 nitrogen and oxygen atoms in total. The highest BCUT2D eigenvalue weighted by Gasteiger charge is 2.44. The Bertz CT molecular complexity index is 928. The molecule has 0 heterocycles. The van der Waals surface area contributed by atoms with Crippen molar-refractivity contribution in [2.75, 3.05) is 16.3 Å². The number of sulfonamides is 1. The van der Waals surface area contributed by atoms with Crippen molar-refractivity contribution in [3.63, 3.8) is 0 Å². The number of anilines is 2. The van der Waals surface area contributed by atoms with Gasteiger partial charge in [0.2, 0.25) is 15.9 Å². The lowest BCUT2D eigenvalue weighted by atomic mass is 10.1. The van der Waals surface area contributed by atoms with Gasteiger partial charge >= 0.3 is 0 Å². The van der Waals surface area contributed by atoms with Gasteiger partial charge in [-0.15, -0.1) is 0 Å². The van der Waals surface area contributed by atoms with E-state index < -0.39 is 10.0 Å². The maximum Gasteiger partial charge on any atom is 0.229 e. The summed E-state index contributed by atoms with van der Waals surface area (Å²) >= 11 is 6.19. The Hall–Kier alpha value is -2.05. The number of rotatable bonds is 5. The van der Waals surface area contributed by atoms with Gasteiger partial charge in [-0.1, -0.05) is 35.9 Å². The fourth-order valence-electron chi connectivity index (χ4n) is 2.85. The first-order valence-electron chi connectivity index (χ1n) is 7.88. The normalized spacial score (nSPS) is 19.3. The summed E-state index contributed by atoms with van der Waals surface area (Å²) in [7, 11) is -3.38. The predicted octanol–water partition coefficient (Wildman–Crippen LogP) is 3.76. The van der Waals surface area contributed by atoms with E-state index in [1.807, 2.05) is 24.3 Å². The molecule has 0 bridgehead atoms. The topological polar surface area (TPSA) is 75.3 Å². The fraction of sp³-hybridized carbons (Fsp3) is 0.278. The van der Waals surface area contributed by atoms with Crippen LogP contribution in [0.4, 0.5) is 11.4 Å². The van der Waals surface area contributed by atoms with Gasteiger partial charge in [0.25, 0.3) is 0 Å². The average molecular weight is 379 g/mol. The molecule has 2 aromatic rings. The van der Waals surface area contributed by atoms with Crippen LogP contribution in [0.2, 0.25) is 5.02 Å². The van der Waals surface area contributed by atoms with E-state index in [2.05, 4.69) is 10.0 Å². The number of benzene rings is 2. The molecule has 0 aliphatic heterocycles. The molecule has 0 aromatic heterocycles. The molecule has 1 aliphatic rings. The molecular formula is C18H19ClN2O3S. The van der Waals surface area contributed by atoms with Crippen LogP contribution in [0.15, 0.2) is 42.5 Å². The highest BCUT2D eigenvalue weighted by molar-refractivity contribution is 7.92. The molecule has 0 radical (unpaired) electrons. The number of halogens is 1. The van der Waals surface area contributed by atoms with Gasteiger partial charge < -0.3 is 5.32 Å². The number of amides is 1. The summed E-state index contributed by atoms with van der Waals surface area (Å²) in [6.45, 7) is 1.80. The molecular weight excluding hydrogens is 360 g/mol. The van der Waals surface area contributed by atoms with Crippen molar-refractivity contribution < 1.29 is 13.2 Å². The number of hydrogen-bond acceptors (Lipinski definition) is 3. The third kappa shape index (κ3) is 4.32. The molecule has 0 unspecified atom stereocenters. The molecule has 0 saturated heterocycles. The van der Waals surface area contributed by atoms with Gasteiger partial charge in [0, 0.05) is 16.6 Å². The summed E-state index contributed by atoms with van der Waals surface area (Å²) in [5, 5.41) is 3.54. The van der Waals surface area contributed by atoms with E-state index in [4.69, 9.17) is 11.6 Å². The van der Waals surface area contributed by atoms with Crippen LogP contribution in [0, 0.1) is 12.8 Å². The van der Waals surface area contributed by atoms with E-state index in [1.165, 1.54) is 0 Å². The summed E-state index contributed by atoms with van der Waals surface area (Å²) < 4.78 is 25.3. The Morgan fingerprint density at radius 3 is 2.60 bits per heavy atom. The van der Waals surface area contributed by atoms with Crippen LogP contribution in [0.25, 0.3) is 0 Å². The number of carbonyl (C=O) groups excluding carboxylic acids is 1. The van der Waals surface area contributed by atoms with Crippen molar-refractivity contribution >= 4 is 38.9 Å². The number of aryl methyl sites for hydroxylation is 1. The molecule has 1 fully saturated rings. The van der Waals surface area contributed by atoms with Crippen LogP contribution in [0.3, 0.4) is 0 Å². The maximum absolute atomic E-state index is 12.5. The van der Waals surface area contributed by atoms with Gasteiger partial charge in [0.05, 0.1) is 11.9 Å². The Morgan fingerprint density at radius 2 is 1.92 bits per heavy atom. The van der Waals surface area contributed by atoms with E-state index in [9.17, 15) is 13.2 Å². The Balaban J connectivity index is 1.70. The van der Waals surface area contributed by atoms with Crippen molar-refractivity contribution in [1.29, 1.82) is 0 Å². The molecule has 1 saturated carbocycles. The van der Waals surface area contributed by atoms with Crippen LogP contribution in [0.1, 0.15) is 23.5 Å². The SMILES string of the molecule is Cc1ccc(NC(=O)[C@@H]2C[C@H]2c2ccccc2Cl)cc1NS(C)(=O)=O. The molecule has 25 heavy (non-hydrogen) atoms. The Kier molecular flexibility index (Phi) is 4.75. The van der Waals surface area contributed by atoms with Gasteiger partial charge in [-0.3, -0.25) is 9.52 Å². The summed E-state index contributed by atoms with van der Waals surface area (Å²) in [5.41, 5.74) is 2.79. The quantitative estimate of drug-likeness (QED) is 0.831. The third-order valence-corrected chi connectivity index (χ3v) is 5.17. The second kappa shape index (κ2) is 6.69. The molecule has 7 heteroatoms. The van der Waals surface area contributed by atoms with Crippen LogP contribution in [-0.2, 0) is 14.8 Å². The second-order valence-corrected chi connectivity index (χ2v) is 8.52. The van der Waals surface area contributed by atoms with Crippen molar-refractivity contribution in [1.82, 2.24) is 0 Å². The first-order chi connectivity index (χ1) is 11.7. The highest BCUT2D eigenvalue weighted by Crippen LogP contribution is 2.50. The zero-order chi connectivity index (χ0) is 18.2. The molecule has 2 N–H and O–H groups in total. The van der Waals surface area contributed by atoms with Crippen molar-refractivity contribution in [2.24, 2.45) is 5.92 Å². The van der Waals surface area contributed by atoms with Crippen LogP contribution in [0.5, 0.6) is 0 Å². The van der Waals surface area contributed by atoms with Crippen molar-refractivity contribution in [3.05, 3.63) is 58.6 Å². The smallest absolute Gasteiger partial charge is 0.229 e. The second-order valence-electron chi connectivity index (χ2n) is 6.36. The van der Waals surface area contributed by atoms with E-state index in [0.717, 1.165) is 23.8 Å². The van der Waals surface area contributed by atoms with E-state index >= 15 is 0 Å². The minimum Gasteiger partial charge on any atom is -0.326 e. The zero-order valence-electron chi connectivity index (χ0n) is 13.9. The first-order valence-corrected chi connectivity index (χ1v) is 10.2. The molecule has 3 rings (SSSR count). The lowest BCUT2D eigenvalue weighted by molar-refractivity contribution is -0.117. The first kappa shape index (κ1) is 17.8. The van der Waals surface area contributed by atoms with Crippen molar-refractivity contribution in [2.45, 2.75) is 19.3 Å². The minimum atomic E-state index is -3.38. The Morgan fingerprint density at radius 1 is 1.20 bits per heavy atom. The number of carbonyl (C=O) groups is 1. The third-order valence-electron chi connectivity index (χ3n) is 4.23. The van der Waals surface area contributed by atoms with Gasteiger partial charge in [0.1, 0.15) is 0 Å². The predicted molar refractivity (Wildman–Crippen MR) is 101 cm³/mol. The summed E-state index contributed by atoms with van der Waals surface area (Å²) in [5.74, 6) is -0.0700. The number of hydrogen-bond donors (Lipinski definition) is 2. The lowest BCUT2D eigenvalue weighted by Gasteiger charge is -2.11. The molecule has 132 valence electrons. The van der Waals surface area contributed by atoms with E-state index in [1.54, 1.807) is 25.1 Å². The largest absolute Gasteiger partial charge is 0.326 e. The van der Waals surface area contributed by atoms with Gasteiger partial charge in [-0.25, -0.2) is 8.42 Å². The molecule has 1 amide bonds. The van der Waals surface area contributed by atoms with Gasteiger partial charge in [-0.05, 0) is 48.6 Å². The standard InChI is InChI=1S/C18H19ClN2O3S/c1-11-7-8-12(9-17(11)21-25(2,23)24)20-18(22)15-10-14(15)13-5-3-4-6-16(13)19/h3-9,14-15,21H,10H2,1-2H3,(H,20,22)/t14-,15+/m0/s1. The molecule has 0 spiro atoms. The van der Waals surface area contributed by atoms with E-state index in [-0.39, 0.29) is 17.7 Å². The summed E-state index contributed by atoms with van der Waals surface area (Å²) in [6, 6.07) is 12.7. The van der Waals surface area contributed by atoms with Gasteiger partial charge in [0.15, 0.2) is 0 Å². The fourth-order valence-corrected chi connectivity index (χ4v) is 3.74. The zero-order valence-corrected chi connectivity index (χ0v) is 15.5. The van der Waals surface area contributed by atoms with Crippen LogP contribution >= 0.6 is 11.6 Å². The average Bonchev–Trinajstić information content (AvgIpc) is 3.30. The van der Waals surface area contributed by atoms with E-state index in [0.29, 0.717) is 16.4 Å². The maximum atomic E-state index is 12.5. The number of nitrogens with one attached hydrogen (secondary N) is 2. The highest BCUT2D eigenvalue weighted by atomic mass is 35.5. The summed E-state index contributed by atoms with van der Waals surface area (Å²) in [6.07, 6.45) is 1.85. The molecule has 1 aliphatic carbocycles. The molecule has 2 atom stereocenters. The minimum absolute atomic E-state index is 0.0842. The van der Waals surface area contributed by atoms with Crippen LogP contribution < -0.4 is 10.0 Å². The monoisotopic (exact) mass is 378 g/mol. The Labute approximate surface area is 152 Å². The van der Waals surface area contributed by atoms with Crippen LogP contribution in [-0.4, -0.2) is 20.6 Å². The molecule has 2 aromatic carbocycles.